The van der Waals surface area contributed by atoms with Crippen molar-refractivity contribution in [3.8, 4) is 0 Å². The minimum Gasteiger partial charge on any atom is -0.481 e. The van der Waals surface area contributed by atoms with Gasteiger partial charge in [-0.05, 0) is 51.3 Å². The summed E-state index contributed by atoms with van der Waals surface area (Å²) in [7, 11) is 0. The molecule has 0 fully saturated rings. The molecule has 0 spiro atoms. The molecule has 7 heteroatoms. The minimum absolute atomic E-state index is 0.0756. The molecule has 2 N–H and O–H groups in total. The van der Waals surface area contributed by atoms with Crippen LogP contribution >= 0.6 is 0 Å². The predicted octanol–water partition coefficient (Wildman–Crippen LogP) is 3.72. The number of hydrogen-bond donors (Lipinski definition) is 2. The van der Waals surface area contributed by atoms with Crippen molar-refractivity contribution < 1.29 is 28.2 Å². The van der Waals surface area contributed by atoms with Crippen LogP contribution < -0.4 is 5.32 Å². The fourth-order valence-electron chi connectivity index (χ4n) is 1.74. The van der Waals surface area contributed by atoms with Gasteiger partial charge in [0.2, 0.25) is 0 Å². The third-order valence-corrected chi connectivity index (χ3v) is 2.58. The molecule has 0 unspecified atom stereocenters. The van der Waals surface area contributed by atoms with Gasteiger partial charge < -0.3 is 9.84 Å². The van der Waals surface area contributed by atoms with Crippen LogP contribution in [0.5, 0.6) is 0 Å². The Hall–Kier alpha value is -2.18. The van der Waals surface area contributed by atoms with Gasteiger partial charge in [-0.25, -0.2) is 13.6 Å². The lowest BCUT2D eigenvalue weighted by Gasteiger charge is -2.20. The van der Waals surface area contributed by atoms with E-state index in [1.165, 1.54) is 6.07 Å². The lowest BCUT2D eigenvalue weighted by atomic mass is 10.1. The van der Waals surface area contributed by atoms with Gasteiger partial charge in [0.05, 0.1) is 5.69 Å². The number of amides is 1. The van der Waals surface area contributed by atoms with Gasteiger partial charge in [-0.15, -0.1) is 0 Å². The first-order valence-electron chi connectivity index (χ1n) is 6.78. The van der Waals surface area contributed by atoms with Crippen molar-refractivity contribution in [1.29, 1.82) is 0 Å². The molecule has 0 aliphatic heterocycles. The Morgan fingerprint density at radius 1 is 1.27 bits per heavy atom. The molecule has 0 aliphatic carbocycles. The van der Waals surface area contributed by atoms with E-state index >= 15 is 0 Å². The summed E-state index contributed by atoms with van der Waals surface area (Å²) in [6, 6.07) is 2.25. The first kappa shape index (κ1) is 17.9. The van der Waals surface area contributed by atoms with E-state index in [0.29, 0.717) is 5.56 Å². The SMILES string of the molecule is CC(C)(C)OC(=O)Nc1cc(CCCC(=O)O)cc(F)c1F. The topological polar surface area (TPSA) is 75.6 Å². The number of halogens is 2. The third kappa shape index (κ3) is 6.07. The number of nitrogens with one attached hydrogen (secondary N) is 1. The number of carbonyl (C=O) groups excluding carboxylic acids is 1. The fraction of sp³-hybridized carbons (Fsp3) is 0.467. The zero-order chi connectivity index (χ0) is 16.9. The molecular formula is C15H19F2NO4. The van der Waals surface area contributed by atoms with E-state index in [0.717, 1.165) is 6.07 Å². The smallest absolute Gasteiger partial charge is 0.412 e. The van der Waals surface area contributed by atoms with Crippen molar-refractivity contribution in [1.82, 2.24) is 0 Å². The maximum absolute atomic E-state index is 13.7. The van der Waals surface area contributed by atoms with E-state index in [1.54, 1.807) is 20.8 Å². The maximum Gasteiger partial charge on any atom is 0.412 e. The van der Waals surface area contributed by atoms with Crippen molar-refractivity contribution in [2.45, 2.75) is 45.6 Å². The fourth-order valence-corrected chi connectivity index (χ4v) is 1.74. The lowest BCUT2D eigenvalue weighted by molar-refractivity contribution is -0.137. The predicted molar refractivity (Wildman–Crippen MR) is 76.8 cm³/mol. The van der Waals surface area contributed by atoms with E-state index in [9.17, 15) is 18.4 Å². The summed E-state index contributed by atoms with van der Waals surface area (Å²) < 4.78 is 32.2. The Morgan fingerprint density at radius 2 is 1.91 bits per heavy atom. The summed E-state index contributed by atoms with van der Waals surface area (Å²) in [4.78, 5) is 22.1. The van der Waals surface area contributed by atoms with Gasteiger partial charge in [0.15, 0.2) is 11.6 Å². The molecule has 0 aromatic heterocycles. The second-order valence-corrected chi connectivity index (χ2v) is 5.81. The Kier molecular flexibility index (Phi) is 5.84. The van der Waals surface area contributed by atoms with Crippen LogP contribution in [0.2, 0.25) is 0 Å². The quantitative estimate of drug-likeness (QED) is 0.868. The highest BCUT2D eigenvalue weighted by Crippen LogP contribution is 2.22. The molecule has 1 aromatic rings. The minimum atomic E-state index is -1.19. The molecule has 0 radical (unpaired) electrons. The van der Waals surface area contributed by atoms with Crippen LogP contribution in [0.1, 0.15) is 39.2 Å². The molecule has 122 valence electrons. The van der Waals surface area contributed by atoms with Crippen molar-refractivity contribution >= 4 is 17.7 Å². The number of rotatable bonds is 5. The van der Waals surface area contributed by atoms with Crippen LogP contribution in [0.15, 0.2) is 12.1 Å². The van der Waals surface area contributed by atoms with E-state index < -0.39 is 29.3 Å². The first-order chi connectivity index (χ1) is 10.1. The van der Waals surface area contributed by atoms with Crippen molar-refractivity contribution in [2.24, 2.45) is 0 Å². The molecule has 0 bridgehead atoms. The van der Waals surface area contributed by atoms with Crippen LogP contribution in [0.25, 0.3) is 0 Å². The highest BCUT2D eigenvalue weighted by atomic mass is 19.2. The zero-order valence-electron chi connectivity index (χ0n) is 12.7. The summed E-state index contributed by atoms with van der Waals surface area (Å²) in [5, 5.41) is 10.7. The Labute approximate surface area is 127 Å². The van der Waals surface area contributed by atoms with Crippen molar-refractivity contribution in [2.75, 3.05) is 5.32 Å². The van der Waals surface area contributed by atoms with E-state index in [1.807, 2.05) is 0 Å². The zero-order valence-corrected chi connectivity index (χ0v) is 12.7. The molecule has 0 saturated heterocycles. The van der Waals surface area contributed by atoms with Gasteiger partial charge in [-0.1, -0.05) is 0 Å². The molecule has 1 rings (SSSR count). The van der Waals surface area contributed by atoms with Crippen LogP contribution in [0.4, 0.5) is 19.3 Å². The van der Waals surface area contributed by atoms with Gasteiger partial charge in [-0.3, -0.25) is 10.1 Å². The summed E-state index contributed by atoms with van der Waals surface area (Å²) in [5.41, 5.74) is -0.705. The second kappa shape index (κ2) is 7.20. The number of aryl methyl sites for hydroxylation is 1. The summed E-state index contributed by atoms with van der Waals surface area (Å²) in [6.07, 6.45) is -0.430. The Bertz CT molecular complexity index is 567. The first-order valence-corrected chi connectivity index (χ1v) is 6.78. The van der Waals surface area contributed by atoms with E-state index in [2.05, 4.69) is 5.32 Å². The Balaban J connectivity index is 2.83. The van der Waals surface area contributed by atoms with Gasteiger partial charge >= 0.3 is 12.1 Å². The molecule has 0 heterocycles. The average molecular weight is 315 g/mol. The van der Waals surface area contributed by atoms with Crippen LogP contribution in [0, 0.1) is 11.6 Å². The number of hydrogen-bond acceptors (Lipinski definition) is 3. The summed E-state index contributed by atoms with van der Waals surface area (Å²) >= 11 is 0. The average Bonchev–Trinajstić information content (AvgIpc) is 2.32. The molecule has 1 amide bonds. The monoisotopic (exact) mass is 315 g/mol. The van der Waals surface area contributed by atoms with Crippen molar-refractivity contribution in [3.05, 3.63) is 29.3 Å². The lowest BCUT2D eigenvalue weighted by Crippen LogP contribution is -2.27. The third-order valence-electron chi connectivity index (χ3n) is 2.58. The number of carboxylic acids is 1. The van der Waals surface area contributed by atoms with Gasteiger partial charge in [0.25, 0.3) is 0 Å². The highest BCUT2D eigenvalue weighted by molar-refractivity contribution is 5.85. The normalized spacial score (nSPS) is 11.1. The van der Waals surface area contributed by atoms with E-state index in [-0.39, 0.29) is 24.9 Å². The van der Waals surface area contributed by atoms with Crippen LogP contribution in [0.3, 0.4) is 0 Å². The number of carbonyl (C=O) groups is 2. The highest BCUT2D eigenvalue weighted by Gasteiger charge is 2.19. The summed E-state index contributed by atoms with van der Waals surface area (Å²) in [6.45, 7) is 4.93. The molecular weight excluding hydrogens is 296 g/mol. The second-order valence-electron chi connectivity index (χ2n) is 5.81. The molecule has 0 saturated carbocycles. The van der Waals surface area contributed by atoms with Crippen molar-refractivity contribution in [3.63, 3.8) is 0 Å². The van der Waals surface area contributed by atoms with Crippen LogP contribution in [-0.2, 0) is 16.0 Å². The van der Waals surface area contributed by atoms with Gasteiger partial charge in [-0.2, -0.15) is 0 Å². The standard InChI is InChI=1S/C15H19F2NO4/c1-15(2,3)22-14(21)18-11-8-9(5-4-6-12(19)20)7-10(16)13(11)17/h7-8H,4-6H2,1-3H3,(H,18,21)(H,19,20). The number of ether oxygens (including phenoxy) is 1. The molecule has 22 heavy (non-hydrogen) atoms. The largest absolute Gasteiger partial charge is 0.481 e. The number of benzene rings is 1. The van der Waals surface area contributed by atoms with Gasteiger partial charge in [0, 0.05) is 6.42 Å². The molecule has 0 atom stereocenters. The molecule has 0 aliphatic rings. The van der Waals surface area contributed by atoms with E-state index in [4.69, 9.17) is 9.84 Å². The number of carboxylic acid groups (broad SMARTS) is 1. The molecule has 5 nitrogen and oxygen atoms in total. The summed E-state index contributed by atoms with van der Waals surface area (Å²) in [5.74, 6) is -3.26. The van der Waals surface area contributed by atoms with Gasteiger partial charge in [0.1, 0.15) is 5.60 Å². The number of aliphatic carboxylic acids is 1. The molecule has 1 aromatic carbocycles. The maximum atomic E-state index is 13.7. The number of anilines is 1. The van der Waals surface area contributed by atoms with Crippen LogP contribution in [-0.4, -0.2) is 22.8 Å². The Morgan fingerprint density at radius 3 is 2.45 bits per heavy atom.